The molecule has 0 heterocycles. The summed E-state index contributed by atoms with van der Waals surface area (Å²) in [6, 6.07) is 0. The summed E-state index contributed by atoms with van der Waals surface area (Å²) < 4.78 is 22.9. The summed E-state index contributed by atoms with van der Waals surface area (Å²) in [5, 5.41) is 0. The second kappa shape index (κ2) is 5.48. The van der Waals surface area contributed by atoms with Crippen molar-refractivity contribution in [1.29, 1.82) is 0 Å². The van der Waals surface area contributed by atoms with E-state index < -0.39 is 13.3 Å². The van der Waals surface area contributed by atoms with E-state index in [-0.39, 0.29) is 0 Å². The van der Waals surface area contributed by atoms with Gasteiger partial charge in [0, 0.05) is 0 Å². The maximum atomic E-state index is 11.5. The zero-order valence-electron chi connectivity index (χ0n) is 5.40. The molecule has 0 nitrogen and oxygen atoms in total. The maximum Gasteiger partial charge on any atom is 0.108 e. The molecule has 0 saturated carbocycles. The fourth-order valence-electron chi connectivity index (χ4n) is 0.420. The third-order valence-corrected chi connectivity index (χ3v) is 0.869. The van der Waals surface area contributed by atoms with Crippen molar-refractivity contribution >= 4 is 0 Å². The molecule has 0 rings (SSSR count). The van der Waals surface area contributed by atoms with Gasteiger partial charge < -0.3 is 0 Å². The number of halogens is 2. The van der Waals surface area contributed by atoms with Gasteiger partial charge in [-0.2, -0.15) is 0 Å². The zero-order valence-corrected chi connectivity index (χ0v) is 5.40. The van der Waals surface area contributed by atoms with Gasteiger partial charge in [-0.1, -0.05) is 23.8 Å². The second-order valence-corrected chi connectivity index (χ2v) is 1.66. The van der Waals surface area contributed by atoms with Gasteiger partial charge in [0.1, 0.15) is 13.3 Å². The average Bonchev–Trinajstić information content (AvgIpc) is 1.85. The van der Waals surface area contributed by atoms with Gasteiger partial charge in [-0.25, -0.2) is 8.78 Å². The average molecular weight is 132 g/mol. The van der Waals surface area contributed by atoms with Crippen LogP contribution in [0.25, 0.3) is 0 Å². The Labute approximate surface area is 53.9 Å². The predicted octanol–water partition coefficient (Wildman–Crippen LogP) is 2.43. The molecule has 2 heteroatoms. The standard InChI is InChI=1S/C7H10F2/c1-7(4-6-9)3-2-5-8/h2-4H,5-6H2,1H3/b3-2-,7-4-. The van der Waals surface area contributed by atoms with Gasteiger partial charge in [0.15, 0.2) is 0 Å². The Kier molecular flexibility index (Phi) is 5.07. The second-order valence-electron chi connectivity index (χ2n) is 1.66. The van der Waals surface area contributed by atoms with Crippen molar-refractivity contribution in [3.05, 3.63) is 23.8 Å². The molecule has 9 heavy (non-hydrogen) atoms. The lowest BCUT2D eigenvalue weighted by Crippen LogP contribution is -1.71. The first-order chi connectivity index (χ1) is 4.31. The predicted molar refractivity (Wildman–Crippen MR) is 34.8 cm³/mol. The van der Waals surface area contributed by atoms with Gasteiger partial charge in [0.05, 0.1) is 0 Å². The monoisotopic (exact) mass is 132 g/mol. The van der Waals surface area contributed by atoms with Crippen molar-refractivity contribution < 1.29 is 8.78 Å². The first-order valence-corrected chi connectivity index (χ1v) is 2.76. The van der Waals surface area contributed by atoms with Crippen LogP contribution in [0.2, 0.25) is 0 Å². The van der Waals surface area contributed by atoms with E-state index in [0.29, 0.717) is 0 Å². The Morgan fingerprint density at radius 2 is 2.00 bits per heavy atom. The van der Waals surface area contributed by atoms with Gasteiger partial charge >= 0.3 is 0 Å². The highest BCUT2D eigenvalue weighted by Crippen LogP contribution is 1.93. The minimum Gasteiger partial charge on any atom is -0.247 e. The molecular formula is C7H10F2. The van der Waals surface area contributed by atoms with Crippen LogP contribution in [-0.2, 0) is 0 Å². The minimum absolute atomic E-state index is 0.484. The zero-order chi connectivity index (χ0) is 7.11. The first-order valence-electron chi connectivity index (χ1n) is 2.76. The van der Waals surface area contributed by atoms with E-state index in [1.165, 1.54) is 12.2 Å². The largest absolute Gasteiger partial charge is 0.247 e. The molecule has 0 unspecified atom stereocenters. The molecule has 0 aromatic heterocycles. The Hall–Kier alpha value is -0.660. The van der Waals surface area contributed by atoms with E-state index in [1.54, 1.807) is 13.0 Å². The summed E-state index contributed by atoms with van der Waals surface area (Å²) in [4.78, 5) is 0. The Balaban J connectivity index is 3.60. The summed E-state index contributed by atoms with van der Waals surface area (Å²) in [6.07, 6.45) is 4.30. The van der Waals surface area contributed by atoms with Crippen LogP contribution < -0.4 is 0 Å². The topological polar surface area (TPSA) is 0 Å². The lowest BCUT2D eigenvalue weighted by molar-refractivity contribution is 0.558. The molecule has 0 saturated heterocycles. The molecule has 52 valence electrons. The van der Waals surface area contributed by atoms with Crippen LogP contribution in [0.15, 0.2) is 23.8 Å². The molecule has 0 aromatic carbocycles. The summed E-state index contributed by atoms with van der Waals surface area (Å²) in [6.45, 7) is 0.756. The van der Waals surface area contributed by atoms with Gasteiger partial charge in [-0.3, -0.25) is 0 Å². The molecule has 0 atom stereocenters. The van der Waals surface area contributed by atoms with Crippen molar-refractivity contribution in [2.75, 3.05) is 13.3 Å². The molecule has 0 aromatic rings. The van der Waals surface area contributed by atoms with Crippen LogP contribution in [0.3, 0.4) is 0 Å². The summed E-state index contributed by atoms with van der Waals surface area (Å²) in [5.74, 6) is 0. The highest BCUT2D eigenvalue weighted by Gasteiger charge is 1.78. The van der Waals surface area contributed by atoms with Crippen molar-refractivity contribution in [3.63, 3.8) is 0 Å². The molecule has 0 aliphatic heterocycles. The molecule has 0 spiro atoms. The van der Waals surface area contributed by atoms with E-state index in [2.05, 4.69) is 0 Å². The van der Waals surface area contributed by atoms with Crippen LogP contribution in [0.1, 0.15) is 6.92 Å². The van der Waals surface area contributed by atoms with Crippen LogP contribution in [0, 0.1) is 0 Å². The van der Waals surface area contributed by atoms with E-state index in [4.69, 9.17) is 0 Å². The highest BCUT2D eigenvalue weighted by molar-refractivity contribution is 5.15. The Bertz CT molecular complexity index is 114. The Morgan fingerprint density at radius 1 is 1.33 bits per heavy atom. The fourth-order valence-corrected chi connectivity index (χ4v) is 0.420. The van der Waals surface area contributed by atoms with Gasteiger partial charge in [0.2, 0.25) is 0 Å². The van der Waals surface area contributed by atoms with Gasteiger partial charge in [-0.15, -0.1) is 0 Å². The molecule has 0 amide bonds. The number of allylic oxidation sites excluding steroid dienone is 4. The van der Waals surface area contributed by atoms with Crippen molar-refractivity contribution in [2.45, 2.75) is 6.92 Å². The van der Waals surface area contributed by atoms with Crippen LogP contribution in [0.4, 0.5) is 8.78 Å². The highest BCUT2D eigenvalue weighted by atomic mass is 19.1. The third kappa shape index (κ3) is 5.21. The normalized spacial score (nSPS) is 13.0. The SMILES string of the molecule is CC(/C=C\CF)=C/CF. The van der Waals surface area contributed by atoms with Gasteiger partial charge in [0.25, 0.3) is 0 Å². The summed E-state index contributed by atoms with van der Waals surface area (Å²) in [7, 11) is 0. The molecule has 0 aliphatic carbocycles. The van der Waals surface area contributed by atoms with E-state index in [0.717, 1.165) is 5.57 Å². The van der Waals surface area contributed by atoms with E-state index >= 15 is 0 Å². The first kappa shape index (κ1) is 8.34. The van der Waals surface area contributed by atoms with Crippen LogP contribution >= 0.6 is 0 Å². The smallest absolute Gasteiger partial charge is 0.108 e. The summed E-state index contributed by atoms with van der Waals surface area (Å²) >= 11 is 0. The number of hydrogen-bond donors (Lipinski definition) is 0. The molecule has 0 aliphatic rings. The fraction of sp³-hybridized carbons (Fsp3) is 0.429. The molecule has 0 radical (unpaired) electrons. The van der Waals surface area contributed by atoms with E-state index in [1.807, 2.05) is 0 Å². The van der Waals surface area contributed by atoms with Crippen LogP contribution in [0.5, 0.6) is 0 Å². The summed E-state index contributed by atoms with van der Waals surface area (Å²) in [5.41, 5.74) is 0.759. The van der Waals surface area contributed by atoms with Crippen molar-refractivity contribution in [3.8, 4) is 0 Å². The Morgan fingerprint density at radius 3 is 2.44 bits per heavy atom. The van der Waals surface area contributed by atoms with Crippen molar-refractivity contribution in [2.24, 2.45) is 0 Å². The minimum atomic E-state index is -0.489. The lowest BCUT2D eigenvalue weighted by Gasteiger charge is -1.85. The third-order valence-electron chi connectivity index (χ3n) is 0.869. The van der Waals surface area contributed by atoms with E-state index in [9.17, 15) is 8.78 Å². The number of rotatable bonds is 3. The number of alkyl halides is 2. The molecular weight excluding hydrogens is 122 g/mol. The molecule has 0 bridgehead atoms. The molecule has 0 fully saturated rings. The van der Waals surface area contributed by atoms with Crippen molar-refractivity contribution in [1.82, 2.24) is 0 Å². The maximum absolute atomic E-state index is 11.5. The lowest BCUT2D eigenvalue weighted by atomic mass is 10.3. The molecule has 0 N–H and O–H groups in total. The number of hydrogen-bond acceptors (Lipinski definition) is 0. The van der Waals surface area contributed by atoms with Crippen LogP contribution in [-0.4, -0.2) is 13.3 Å². The van der Waals surface area contributed by atoms with Gasteiger partial charge in [-0.05, 0) is 6.92 Å². The quantitative estimate of drug-likeness (QED) is 0.517.